The van der Waals surface area contributed by atoms with Crippen molar-refractivity contribution in [2.75, 3.05) is 6.26 Å². The fourth-order valence-corrected chi connectivity index (χ4v) is 2.88. The Hall–Kier alpha value is -0.0100. The van der Waals surface area contributed by atoms with E-state index in [0.717, 1.165) is 23.4 Å². The molecule has 2 nitrogen and oxygen atoms in total. The van der Waals surface area contributed by atoms with Crippen LogP contribution in [0.5, 0.6) is 0 Å². The van der Waals surface area contributed by atoms with Crippen LogP contribution in [0.25, 0.3) is 11.0 Å². The number of aromatic nitrogens is 2. The Morgan fingerprint density at radius 1 is 1.47 bits per heavy atom. The lowest BCUT2D eigenvalue weighted by atomic mass is 10.3. The first kappa shape index (κ1) is 15.4. The highest BCUT2D eigenvalue weighted by molar-refractivity contribution is 14.1. The molecule has 104 valence electrons. The molecule has 0 bridgehead atoms. The van der Waals surface area contributed by atoms with Gasteiger partial charge in [-0.05, 0) is 41.8 Å². The molecule has 1 aromatic carbocycles. The summed E-state index contributed by atoms with van der Waals surface area (Å²) < 4.78 is 16.4. The van der Waals surface area contributed by atoms with Crippen molar-refractivity contribution in [3.8, 4) is 0 Å². The summed E-state index contributed by atoms with van der Waals surface area (Å²) >= 11 is 9.95. The normalized spacial score (nSPS) is 14.8. The van der Waals surface area contributed by atoms with E-state index in [1.54, 1.807) is 23.9 Å². The van der Waals surface area contributed by atoms with Crippen LogP contribution in [-0.2, 0) is 6.54 Å². The maximum absolute atomic E-state index is 13.8. The lowest BCUT2D eigenvalue weighted by Crippen LogP contribution is -2.12. The number of imidazole rings is 1. The number of benzene rings is 1. The van der Waals surface area contributed by atoms with Crippen LogP contribution in [0.2, 0.25) is 0 Å². The Morgan fingerprint density at radius 2 is 2.16 bits per heavy atom. The molecular formula is C13H15ClFIN2S. The molecule has 0 amide bonds. The van der Waals surface area contributed by atoms with Crippen molar-refractivity contribution in [3.05, 3.63) is 27.3 Å². The van der Waals surface area contributed by atoms with Gasteiger partial charge in [0, 0.05) is 17.9 Å². The molecule has 2 aromatic rings. The Kier molecular flexibility index (Phi) is 5.00. The van der Waals surface area contributed by atoms with Gasteiger partial charge in [-0.3, -0.25) is 0 Å². The summed E-state index contributed by atoms with van der Waals surface area (Å²) in [5.41, 5.74) is 1.63. The molecular weight excluding hydrogens is 398 g/mol. The summed E-state index contributed by atoms with van der Waals surface area (Å²) in [6.07, 6.45) is 2.07. The van der Waals surface area contributed by atoms with Crippen molar-refractivity contribution in [1.82, 2.24) is 9.55 Å². The molecule has 0 radical (unpaired) electrons. The van der Waals surface area contributed by atoms with Crippen molar-refractivity contribution >= 4 is 57.0 Å². The van der Waals surface area contributed by atoms with Crippen LogP contribution >= 0.6 is 46.0 Å². The van der Waals surface area contributed by atoms with Crippen LogP contribution in [0, 0.1) is 9.39 Å². The number of alkyl halides is 1. The van der Waals surface area contributed by atoms with Crippen LogP contribution in [-0.4, -0.2) is 21.1 Å². The molecule has 0 saturated carbocycles. The first-order valence-electron chi connectivity index (χ1n) is 5.96. The molecule has 1 heterocycles. The number of hydrogen-bond donors (Lipinski definition) is 0. The van der Waals surface area contributed by atoms with Gasteiger partial charge in [0.05, 0.1) is 20.0 Å². The molecule has 2 unspecified atom stereocenters. The SMILES string of the molecule is CSC(C)Cn1c(C(C)Cl)nc2cc(I)c(F)cc21. The van der Waals surface area contributed by atoms with E-state index >= 15 is 0 Å². The van der Waals surface area contributed by atoms with Crippen LogP contribution in [0.3, 0.4) is 0 Å². The van der Waals surface area contributed by atoms with E-state index < -0.39 is 0 Å². The first-order valence-corrected chi connectivity index (χ1v) is 8.76. The molecule has 0 N–H and O–H groups in total. The second kappa shape index (κ2) is 6.18. The highest BCUT2D eigenvalue weighted by Crippen LogP contribution is 2.28. The molecule has 2 atom stereocenters. The fraction of sp³-hybridized carbons (Fsp3) is 0.462. The Morgan fingerprint density at radius 3 is 2.74 bits per heavy atom. The zero-order chi connectivity index (χ0) is 14.2. The first-order chi connectivity index (χ1) is 8.93. The maximum Gasteiger partial charge on any atom is 0.138 e. The van der Waals surface area contributed by atoms with Crippen molar-refractivity contribution < 1.29 is 4.39 Å². The summed E-state index contributed by atoms with van der Waals surface area (Å²) in [7, 11) is 0. The fourth-order valence-electron chi connectivity index (χ4n) is 1.97. The number of thioether (sulfide) groups is 1. The second-order valence-corrected chi connectivity index (χ2v) is 7.59. The van der Waals surface area contributed by atoms with Gasteiger partial charge in [0.1, 0.15) is 11.6 Å². The third-order valence-electron chi connectivity index (χ3n) is 3.02. The van der Waals surface area contributed by atoms with Gasteiger partial charge in [-0.25, -0.2) is 9.37 Å². The minimum Gasteiger partial charge on any atom is -0.326 e. The zero-order valence-electron chi connectivity index (χ0n) is 11.0. The minimum atomic E-state index is -0.208. The van der Waals surface area contributed by atoms with Gasteiger partial charge in [-0.2, -0.15) is 11.8 Å². The zero-order valence-corrected chi connectivity index (χ0v) is 14.7. The molecule has 1 aromatic heterocycles. The van der Waals surface area contributed by atoms with Gasteiger partial charge in [0.15, 0.2) is 0 Å². The number of fused-ring (bicyclic) bond motifs is 1. The molecule has 0 spiro atoms. The van der Waals surface area contributed by atoms with E-state index in [-0.39, 0.29) is 11.2 Å². The van der Waals surface area contributed by atoms with Gasteiger partial charge in [0.2, 0.25) is 0 Å². The Balaban J connectivity index is 2.62. The van der Waals surface area contributed by atoms with Crippen LogP contribution in [0.4, 0.5) is 4.39 Å². The highest BCUT2D eigenvalue weighted by Gasteiger charge is 2.18. The van der Waals surface area contributed by atoms with Gasteiger partial charge in [-0.1, -0.05) is 6.92 Å². The summed E-state index contributed by atoms with van der Waals surface area (Å²) in [5.74, 6) is 0.596. The predicted molar refractivity (Wildman–Crippen MR) is 89.7 cm³/mol. The van der Waals surface area contributed by atoms with Crippen molar-refractivity contribution in [3.63, 3.8) is 0 Å². The molecule has 0 fully saturated rings. The number of nitrogens with zero attached hydrogens (tertiary/aromatic N) is 2. The second-order valence-electron chi connectivity index (χ2n) is 4.50. The topological polar surface area (TPSA) is 17.8 Å². The van der Waals surface area contributed by atoms with Crippen LogP contribution in [0.1, 0.15) is 25.0 Å². The maximum atomic E-state index is 13.8. The Bertz CT molecular complexity index is 600. The van der Waals surface area contributed by atoms with E-state index in [0.29, 0.717) is 8.82 Å². The van der Waals surface area contributed by atoms with Gasteiger partial charge in [0.25, 0.3) is 0 Å². The lowest BCUT2D eigenvalue weighted by molar-refractivity contribution is 0.618. The summed E-state index contributed by atoms with van der Waals surface area (Å²) in [6.45, 7) is 4.82. The molecule has 6 heteroatoms. The average molecular weight is 413 g/mol. The van der Waals surface area contributed by atoms with Gasteiger partial charge >= 0.3 is 0 Å². The largest absolute Gasteiger partial charge is 0.326 e. The van der Waals surface area contributed by atoms with Crippen molar-refractivity contribution in [2.45, 2.75) is 31.0 Å². The number of hydrogen-bond acceptors (Lipinski definition) is 2. The lowest BCUT2D eigenvalue weighted by Gasteiger charge is -2.14. The third-order valence-corrected chi connectivity index (χ3v) is 4.99. The highest BCUT2D eigenvalue weighted by atomic mass is 127. The standard InChI is InChI=1S/C13H15ClFIN2S/c1-7(19-3)6-18-12-4-9(15)10(16)5-11(12)17-13(18)8(2)14/h4-5,7-8H,6H2,1-3H3. The number of halogens is 3. The molecule has 0 saturated heterocycles. The summed E-state index contributed by atoms with van der Waals surface area (Å²) in [4.78, 5) is 4.55. The number of rotatable bonds is 4. The average Bonchev–Trinajstić information content (AvgIpc) is 2.68. The third kappa shape index (κ3) is 3.19. The molecule has 2 rings (SSSR count). The minimum absolute atomic E-state index is 0.192. The van der Waals surface area contributed by atoms with E-state index in [9.17, 15) is 4.39 Å². The summed E-state index contributed by atoms with van der Waals surface area (Å²) in [5, 5.41) is 0.232. The van der Waals surface area contributed by atoms with E-state index in [1.807, 2.05) is 34.1 Å². The predicted octanol–water partition coefficient (Wildman–Crippen LogP) is 4.83. The molecule has 0 aliphatic carbocycles. The molecule has 19 heavy (non-hydrogen) atoms. The van der Waals surface area contributed by atoms with Crippen molar-refractivity contribution in [1.29, 1.82) is 0 Å². The molecule has 0 aliphatic heterocycles. The molecule has 0 aliphatic rings. The van der Waals surface area contributed by atoms with Crippen molar-refractivity contribution in [2.24, 2.45) is 0 Å². The Labute approximate surface area is 135 Å². The van der Waals surface area contributed by atoms with E-state index in [4.69, 9.17) is 11.6 Å². The monoisotopic (exact) mass is 412 g/mol. The van der Waals surface area contributed by atoms with Crippen LogP contribution in [0.15, 0.2) is 12.1 Å². The van der Waals surface area contributed by atoms with E-state index in [2.05, 4.69) is 18.2 Å². The smallest absolute Gasteiger partial charge is 0.138 e. The van der Waals surface area contributed by atoms with Gasteiger partial charge in [-0.15, -0.1) is 11.6 Å². The van der Waals surface area contributed by atoms with Crippen LogP contribution < -0.4 is 0 Å². The quantitative estimate of drug-likeness (QED) is 0.529. The summed E-state index contributed by atoms with van der Waals surface area (Å²) in [6, 6.07) is 3.33. The van der Waals surface area contributed by atoms with Gasteiger partial charge < -0.3 is 4.57 Å². The van der Waals surface area contributed by atoms with E-state index in [1.165, 1.54) is 0 Å².